The first-order chi connectivity index (χ1) is 9.87. The van der Waals surface area contributed by atoms with Crippen molar-refractivity contribution in [1.29, 1.82) is 0 Å². The van der Waals surface area contributed by atoms with E-state index < -0.39 is 5.60 Å². The van der Waals surface area contributed by atoms with Gasteiger partial charge in [0.1, 0.15) is 5.60 Å². The summed E-state index contributed by atoms with van der Waals surface area (Å²) in [7, 11) is 1.74. The van der Waals surface area contributed by atoms with E-state index in [4.69, 9.17) is 9.47 Å². The number of carbonyl (C=O) groups is 1. The number of nitrogens with zero attached hydrogens (tertiary/aromatic N) is 1. The molecular weight excluding hydrogens is 268 g/mol. The second kappa shape index (κ2) is 8.59. The van der Waals surface area contributed by atoms with E-state index in [9.17, 15) is 4.79 Å². The predicted octanol–water partition coefficient (Wildman–Crippen LogP) is 2.65. The number of ether oxygens (including phenoxy) is 2. The Labute approximate surface area is 129 Å². The summed E-state index contributed by atoms with van der Waals surface area (Å²) in [5.74, 6) is 0.742. The van der Waals surface area contributed by atoms with E-state index in [1.807, 2.05) is 20.8 Å². The van der Waals surface area contributed by atoms with Crippen LogP contribution in [0.15, 0.2) is 0 Å². The molecule has 0 heterocycles. The van der Waals surface area contributed by atoms with Gasteiger partial charge in [0, 0.05) is 32.8 Å². The summed E-state index contributed by atoms with van der Waals surface area (Å²) in [5, 5.41) is 3.51. The number of carbonyl (C=O) groups excluding carboxylic acids is 1. The Kier molecular flexibility index (Phi) is 7.46. The Balaban J connectivity index is 2.37. The highest BCUT2D eigenvalue weighted by atomic mass is 16.6. The van der Waals surface area contributed by atoms with Gasteiger partial charge in [-0.2, -0.15) is 0 Å². The normalized spacial score (nSPS) is 16.6. The molecule has 1 unspecified atom stereocenters. The molecule has 0 aromatic carbocycles. The van der Waals surface area contributed by atoms with E-state index in [0.29, 0.717) is 12.6 Å². The molecule has 0 radical (unpaired) electrons. The molecule has 1 aliphatic rings. The number of hydrogen-bond acceptors (Lipinski definition) is 4. The molecule has 1 rings (SSSR count). The van der Waals surface area contributed by atoms with Crippen molar-refractivity contribution in [2.24, 2.45) is 5.92 Å². The lowest BCUT2D eigenvalue weighted by molar-refractivity contribution is 0.0248. The summed E-state index contributed by atoms with van der Waals surface area (Å²) in [6.45, 7) is 10.7. The summed E-state index contributed by atoms with van der Waals surface area (Å²) in [6, 6.07) is 0.414. The van der Waals surface area contributed by atoms with Crippen LogP contribution in [0.4, 0.5) is 4.79 Å². The van der Waals surface area contributed by atoms with Crippen LogP contribution in [0.5, 0.6) is 0 Å². The van der Waals surface area contributed by atoms with Gasteiger partial charge in [0.15, 0.2) is 0 Å². The fourth-order valence-electron chi connectivity index (χ4n) is 2.32. The van der Waals surface area contributed by atoms with E-state index in [0.717, 1.165) is 32.0 Å². The Morgan fingerprint density at radius 1 is 1.33 bits per heavy atom. The smallest absolute Gasteiger partial charge is 0.410 e. The third-order valence-electron chi connectivity index (χ3n) is 3.47. The summed E-state index contributed by atoms with van der Waals surface area (Å²) < 4.78 is 10.7. The van der Waals surface area contributed by atoms with Gasteiger partial charge >= 0.3 is 6.09 Å². The number of amides is 1. The van der Waals surface area contributed by atoms with Crippen LogP contribution < -0.4 is 5.32 Å². The Bertz CT molecular complexity index is 311. The summed E-state index contributed by atoms with van der Waals surface area (Å²) in [4.78, 5) is 13.9. The molecule has 5 nitrogen and oxygen atoms in total. The van der Waals surface area contributed by atoms with Crippen molar-refractivity contribution >= 4 is 6.09 Å². The minimum Gasteiger partial charge on any atom is -0.444 e. The Morgan fingerprint density at radius 2 is 2.00 bits per heavy atom. The monoisotopic (exact) mass is 300 g/mol. The Hall–Kier alpha value is -0.810. The van der Waals surface area contributed by atoms with Gasteiger partial charge in [0.05, 0.1) is 6.61 Å². The van der Waals surface area contributed by atoms with Gasteiger partial charge in [0.2, 0.25) is 0 Å². The van der Waals surface area contributed by atoms with Crippen LogP contribution in [-0.2, 0) is 9.47 Å². The first kappa shape index (κ1) is 18.2. The molecular formula is C16H32N2O3. The first-order valence-electron chi connectivity index (χ1n) is 8.07. The van der Waals surface area contributed by atoms with Gasteiger partial charge < -0.3 is 19.7 Å². The Morgan fingerprint density at radius 3 is 2.48 bits per heavy atom. The molecule has 1 amide bonds. The highest BCUT2D eigenvalue weighted by Crippen LogP contribution is 2.32. The van der Waals surface area contributed by atoms with Crippen molar-refractivity contribution in [3.8, 4) is 0 Å². The average molecular weight is 300 g/mol. The standard InChI is InChI=1S/C16H32N2O3/c1-6-10-18(15(19)21-16(2,3)4)11-9-17-14(12-20-5)13-7-8-13/h13-14,17H,6-12H2,1-5H3. The molecule has 0 spiro atoms. The summed E-state index contributed by atoms with van der Waals surface area (Å²) in [5.41, 5.74) is -0.441. The highest BCUT2D eigenvalue weighted by molar-refractivity contribution is 5.68. The van der Waals surface area contributed by atoms with Gasteiger partial charge in [-0.1, -0.05) is 6.92 Å². The molecule has 124 valence electrons. The number of rotatable bonds is 9. The lowest BCUT2D eigenvalue weighted by Crippen LogP contribution is -2.44. The van der Waals surface area contributed by atoms with E-state index >= 15 is 0 Å². The summed E-state index contributed by atoms with van der Waals surface area (Å²) >= 11 is 0. The average Bonchev–Trinajstić information content (AvgIpc) is 3.18. The zero-order valence-corrected chi connectivity index (χ0v) is 14.3. The van der Waals surface area contributed by atoms with Gasteiger partial charge in [0.25, 0.3) is 0 Å². The second-order valence-electron chi connectivity index (χ2n) is 6.82. The van der Waals surface area contributed by atoms with E-state index in [-0.39, 0.29) is 6.09 Å². The van der Waals surface area contributed by atoms with Crippen LogP contribution in [-0.4, -0.2) is 56.0 Å². The molecule has 1 fully saturated rings. The number of hydrogen-bond donors (Lipinski definition) is 1. The highest BCUT2D eigenvalue weighted by Gasteiger charge is 2.31. The molecule has 0 bridgehead atoms. The molecule has 1 atom stereocenters. The zero-order chi connectivity index (χ0) is 15.9. The zero-order valence-electron chi connectivity index (χ0n) is 14.3. The van der Waals surface area contributed by atoms with E-state index in [1.165, 1.54) is 12.8 Å². The molecule has 0 aromatic heterocycles. The van der Waals surface area contributed by atoms with Crippen LogP contribution >= 0.6 is 0 Å². The molecule has 21 heavy (non-hydrogen) atoms. The van der Waals surface area contributed by atoms with Gasteiger partial charge in [-0.3, -0.25) is 0 Å². The summed E-state index contributed by atoms with van der Waals surface area (Å²) in [6.07, 6.45) is 3.28. The lowest BCUT2D eigenvalue weighted by Gasteiger charge is -2.28. The lowest BCUT2D eigenvalue weighted by atomic mass is 10.2. The molecule has 1 N–H and O–H groups in total. The third kappa shape index (κ3) is 7.67. The van der Waals surface area contributed by atoms with Crippen molar-refractivity contribution in [1.82, 2.24) is 10.2 Å². The molecule has 0 saturated heterocycles. The van der Waals surface area contributed by atoms with Gasteiger partial charge in [-0.25, -0.2) is 4.79 Å². The minimum atomic E-state index is -0.441. The maximum atomic E-state index is 12.1. The van der Waals surface area contributed by atoms with E-state index in [2.05, 4.69) is 12.2 Å². The number of methoxy groups -OCH3 is 1. The van der Waals surface area contributed by atoms with Crippen LogP contribution in [0.3, 0.4) is 0 Å². The van der Waals surface area contributed by atoms with Crippen molar-refractivity contribution < 1.29 is 14.3 Å². The first-order valence-corrected chi connectivity index (χ1v) is 8.07. The van der Waals surface area contributed by atoms with E-state index in [1.54, 1.807) is 12.0 Å². The fraction of sp³-hybridized carbons (Fsp3) is 0.938. The SMILES string of the molecule is CCCN(CCNC(COC)C1CC1)C(=O)OC(C)(C)C. The van der Waals surface area contributed by atoms with Crippen LogP contribution in [0.25, 0.3) is 0 Å². The van der Waals surface area contributed by atoms with Crippen LogP contribution in [0.2, 0.25) is 0 Å². The molecule has 0 aromatic rings. The quantitative estimate of drug-likeness (QED) is 0.711. The minimum absolute atomic E-state index is 0.221. The maximum absolute atomic E-state index is 12.1. The predicted molar refractivity (Wildman–Crippen MR) is 84.5 cm³/mol. The number of nitrogens with one attached hydrogen (secondary N) is 1. The molecule has 5 heteroatoms. The fourth-order valence-corrected chi connectivity index (χ4v) is 2.32. The van der Waals surface area contributed by atoms with Gasteiger partial charge in [-0.15, -0.1) is 0 Å². The van der Waals surface area contributed by atoms with Crippen LogP contribution in [0.1, 0.15) is 47.0 Å². The molecule has 1 aliphatic carbocycles. The molecule has 0 aliphatic heterocycles. The third-order valence-corrected chi connectivity index (χ3v) is 3.47. The van der Waals surface area contributed by atoms with Gasteiger partial charge in [-0.05, 0) is 46.0 Å². The van der Waals surface area contributed by atoms with Crippen molar-refractivity contribution in [3.63, 3.8) is 0 Å². The topological polar surface area (TPSA) is 50.8 Å². The largest absolute Gasteiger partial charge is 0.444 e. The van der Waals surface area contributed by atoms with Crippen molar-refractivity contribution in [3.05, 3.63) is 0 Å². The van der Waals surface area contributed by atoms with Crippen molar-refractivity contribution in [2.45, 2.75) is 58.6 Å². The van der Waals surface area contributed by atoms with Crippen LogP contribution in [0, 0.1) is 5.92 Å². The second-order valence-corrected chi connectivity index (χ2v) is 6.82. The maximum Gasteiger partial charge on any atom is 0.410 e. The van der Waals surface area contributed by atoms with Crippen molar-refractivity contribution in [2.75, 3.05) is 33.4 Å². The molecule has 1 saturated carbocycles.